The van der Waals surface area contributed by atoms with Gasteiger partial charge in [-0.1, -0.05) is 0 Å². The molecule has 112 valence electrons. The Bertz CT molecular complexity index is 540. The van der Waals surface area contributed by atoms with Crippen LogP contribution in [0.4, 0.5) is 10.3 Å². The Kier molecular flexibility index (Phi) is 4.01. The first-order valence-electron chi connectivity index (χ1n) is 5.72. The topological polar surface area (TPSA) is 137 Å². The highest BCUT2D eigenvalue weighted by molar-refractivity contribution is 5.28. The van der Waals surface area contributed by atoms with E-state index < -0.39 is 42.9 Å². The quantitative estimate of drug-likeness (QED) is 0.378. The molecule has 1 aliphatic heterocycles. The summed E-state index contributed by atoms with van der Waals surface area (Å²) in [5.41, 5.74) is -1.83. The fourth-order valence-electron chi connectivity index (χ4n) is 2.17. The van der Waals surface area contributed by atoms with Crippen LogP contribution in [-0.4, -0.2) is 61.5 Å². The molecule has 5 N–H and O–H groups in total. The Hall–Kier alpha value is -1.59. The van der Waals surface area contributed by atoms with Crippen molar-refractivity contribution < 1.29 is 29.6 Å². The van der Waals surface area contributed by atoms with E-state index in [4.69, 9.17) is 9.84 Å². The molecule has 0 bridgehead atoms. The maximum atomic E-state index is 12.2. The van der Waals surface area contributed by atoms with Crippen LogP contribution >= 0.6 is 0 Å². The minimum Gasteiger partial charge on any atom is -0.394 e. The van der Waals surface area contributed by atoms with Crippen molar-refractivity contribution >= 4 is 5.82 Å². The van der Waals surface area contributed by atoms with Crippen molar-refractivity contribution in [3.63, 3.8) is 0 Å². The molecule has 1 aromatic heterocycles. The first-order chi connectivity index (χ1) is 9.50. The number of rotatable bonds is 4. The lowest BCUT2D eigenvalue weighted by atomic mass is 10.0. The van der Waals surface area contributed by atoms with Crippen molar-refractivity contribution in [2.45, 2.75) is 24.0 Å². The lowest BCUT2D eigenvalue weighted by Crippen LogP contribution is -2.53. The Morgan fingerprint density at radius 2 is 2.20 bits per heavy atom. The lowest BCUT2D eigenvalue weighted by molar-refractivity contribution is -0.174. The Morgan fingerprint density at radius 3 is 2.65 bits per heavy atom. The maximum Gasteiger partial charge on any atom is 0.352 e. The lowest BCUT2D eigenvalue weighted by Gasteiger charge is -2.31. The predicted molar refractivity (Wildman–Crippen MR) is 62.3 cm³/mol. The number of aliphatic hydroxyl groups is 4. The van der Waals surface area contributed by atoms with Gasteiger partial charge in [-0.15, -0.1) is 4.48 Å². The molecule has 20 heavy (non-hydrogen) atoms. The monoisotopic (exact) mass is 291 g/mol. The molecule has 1 aromatic rings. The number of halogens is 1. The zero-order valence-electron chi connectivity index (χ0n) is 10.2. The molecular weight excluding hydrogens is 277 g/mol. The van der Waals surface area contributed by atoms with Crippen molar-refractivity contribution in [2.24, 2.45) is 0 Å². The second-order valence-corrected chi connectivity index (χ2v) is 4.34. The van der Waals surface area contributed by atoms with Gasteiger partial charge in [0.1, 0.15) is 18.3 Å². The van der Waals surface area contributed by atoms with Crippen molar-refractivity contribution in [3.8, 4) is 0 Å². The van der Waals surface area contributed by atoms with E-state index >= 15 is 0 Å². The van der Waals surface area contributed by atoms with Crippen molar-refractivity contribution in [3.05, 3.63) is 22.7 Å². The van der Waals surface area contributed by atoms with E-state index in [1.807, 2.05) is 0 Å². The molecule has 2 heterocycles. The van der Waals surface area contributed by atoms with E-state index in [1.165, 1.54) is 5.54 Å². The van der Waals surface area contributed by atoms with Crippen LogP contribution < -0.4 is 11.2 Å². The van der Waals surface area contributed by atoms with Crippen LogP contribution in [0, 0.1) is 0 Å². The number of hydrogen-bond donors (Lipinski definition) is 5. The fourth-order valence-corrected chi connectivity index (χ4v) is 2.17. The van der Waals surface area contributed by atoms with Gasteiger partial charge < -0.3 is 25.2 Å². The Balaban J connectivity index is 2.49. The van der Waals surface area contributed by atoms with Crippen LogP contribution in [0.15, 0.2) is 17.1 Å². The van der Waals surface area contributed by atoms with Crippen molar-refractivity contribution in [2.75, 3.05) is 18.8 Å². The zero-order chi connectivity index (χ0) is 14.9. The molecule has 1 aliphatic rings. The summed E-state index contributed by atoms with van der Waals surface area (Å²) in [6.45, 7) is -1.47. The molecule has 0 spiro atoms. The standard InChI is InChI=1S/C10H14FN3O6/c11-13-6-1-2-14(9(19)12-6)10(4-16)8(18)7(17)5(3-15)20-10/h1-2,5,7-8,15-18H,3-4H2,(H,12,13,19)/t5-,7-,8-,10-/m1/s1. The third-order valence-corrected chi connectivity index (χ3v) is 3.24. The third kappa shape index (κ3) is 2.07. The van der Waals surface area contributed by atoms with Gasteiger partial charge in [-0.3, -0.25) is 4.57 Å². The number of nitrogens with zero attached hydrogens (tertiary/aromatic N) is 2. The highest BCUT2D eigenvalue weighted by atomic mass is 19.2. The minimum atomic E-state index is -1.99. The molecule has 2 rings (SSSR count). The summed E-state index contributed by atoms with van der Waals surface area (Å²) in [7, 11) is 0. The molecule has 9 nitrogen and oxygen atoms in total. The van der Waals surface area contributed by atoms with Gasteiger partial charge in [0.15, 0.2) is 5.82 Å². The van der Waals surface area contributed by atoms with Gasteiger partial charge in [0, 0.05) is 6.20 Å². The first kappa shape index (κ1) is 14.8. The number of hydrogen-bond acceptors (Lipinski definition) is 8. The second kappa shape index (κ2) is 5.42. The number of aliphatic hydroxyl groups excluding tert-OH is 4. The maximum absolute atomic E-state index is 12.2. The molecule has 0 unspecified atom stereocenters. The fraction of sp³-hybridized carbons (Fsp3) is 0.600. The molecule has 1 saturated heterocycles. The molecule has 1 fully saturated rings. The summed E-state index contributed by atoms with van der Waals surface area (Å²) in [6.07, 6.45) is -3.31. The number of anilines is 1. The molecule has 4 atom stereocenters. The SMILES string of the molecule is O=c1nc(NF)ccn1[C@]1(CO)O[C@H](CO)[C@@H](O)[C@H]1O. The van der Waals surface area contributed by atoms with Crippen molar-refractivity contribution in [1.29, 1.82) is 0 Å². The number of nitrogens with one attached hydrogen (secondary N) is 1. The van der Waals surface area contributed by atoms with Crippen LogP contribution in [0.5, 0.6) is 0 Å². The summed E-state index contributed by atoms with van der Waals surface area (Å²) in [6, 6.07) is 1.08. The third-order valence-electron chi connectivity index (χ3n) is 3.24. The molecule has 0 aromatic carbocycles. The summed E-state index contributed by atoms with van der Waals surface area (Å²) in [5.74, 6) is -0.355. The van der Waals surface area contributed by atoms with E-state index in [2.05, 4.69) is 4.98 Å². The highest BCUT2D eigenvalue weighted by Crippen LogP contribution is 2.34. The molecule has 0 radical (unpaired) electrons. The van der Waals surface area contributed by atoms with Crippen LogP contribution in [0.2, 0.25) is 0 Å². The average molecular weight is 291 g/mol. The minimum absolute atomic E-state index is 0.355. The van der Waals surface area contributed by atoms with E-state index in [0.29, 0.717) is 0 Å². The predicted octanol–water partition coefficient (Wildman–Crippen LogP) is -2.70. The Labute approximate surface area is 111 Å². The van der Waals surface area contributed by atoms with Crippen LogP contribution in [0.1, 0.15) is 0 Å². The second-order valence-electron chi connectivity index (χ2n) is 4.34. The van der Waals surface area contributed by atoms with Gasteiger partial charge >= 0.3 is 5.69 Å². The summed E-state index contributed by atoms with van der Waals surface area (Å²) in [4.78, 5) is 15.1. The number of aromatic nitrogens is 2. The highest BCUT2D eigenvalue weighted by Gasteiger charge is 2.55. The molecular formula is C10H14FN3O6. The largest absolute Gasteiger partial charge is 0.394 e. The van der Waals surface area contributed by atoms with E-state index in [9.17, 15) is 24.6 Å². The van der Waals surface area contributed by atoms with Gasteiger partial charge in [0.05, 0.1) is 13.2 Å². The van der Waals surface area contributed by atoms with Crippen molar-refractivity contribution in [1.82, 2.24) is 9.55 Å². The Morgan fingerprint density at radius 1 is 1.50 bits per heavy atom. The van der Waals surface area contributed by atoms with Gasteiger partial charge in [-0.25, -0.2) is 10.3 Å². The van der Waals surface area contributed by atoms with Gasteiger partial charge in [-0.05, 0) is 6.07 Å². The average Bonchev–Trinajstić information content (AvgIpc) is 2.72. The van der Waals surface area contributed by atoms with E-state index in [1.54, 1.807) is 0 Å². The van der Waals surface area contributed by atoms with Gasteiger partial charge in [0.2, 0.25) is 5.72 Å². The zero-order valence-corrected chi connectivity index (χ0v) is 10.2. The van der Waals surface area contributed by atoms with Crippen LogP contribution in [-0.2, 0) is 10.5 Å². The molecule has 10 heteroatoms. The number of ether oxygens (including phenoxy) is 1. The smallest absolute Gasteiger partial charge is 0.352 e. The van der Waals surface area contributed by atoms with Gasteiger partial charge in [0.25, 0.3) is 0 Å². The first-order valence-corrected chi connectivity index (χ1v) is 5.72. The van der Waals surface area contributed by atoms with E-state index in [0.717, 1.165) is 16.8 Å². The van der Waals surface area contributed by atoms with Crippen LogP contribution in [0.25, 0.3) is 0 Å². The summed E-state index contributed by atoms with van der Waals surface area (Å²) in [5, 5.41) is 38.2. The van der Waals surface area contributed by atoms with Gasteiger partial charge in [-0.2, -0.15) is 4.98 Å². The van der Waals surface area contributed by atoms with Crippen LogP contribution in [0.3, 0.4) is 0 Å². The molecule has 0 aliphatic carbocycles. The van der Waals surface area contributed by atoms with E-state index in [-0.39, 0.29) is 5.82 Å². The normalized spacial score (nSPS) is 33.4. The molecule has 0 saturated carbocycles. The molecule has 0 amide bonds. The summed E-state index contributed by atoms with van der Waals surface area (Å²) >= 11 is 0. The summed E-state index contributed by atoms with van der Waals surface area (Å²) < 4.78 is 18.1.